The maximum absolute atomic E-state index is 7.57. The van der Waals surface area contributed by atoms with Gasteiger partial charge in [-0.25, -0.2) is 0 Å². The molecule has 18 heavy (non-hydrogen) atoms. The zero-order valence-corrected chi connectivity index (χ0v) is 11.0. The number of ether oxygens (including phenoxy) is 1. The third-order valence-corrected chi connectivity index (χ3v) is 3.78. The molecule has 0 heterocycles. The molecule has 0 amide bonds. The van der Waals surface area contributed by atoms with E-state index in [1.54, 1.807) is 0 Å². The molecule has 2 unspecified atom stereocenters. The van der Waals surface area contributed by atoms with E-state index in [0.717, 1.165) is 24.5 Å². The lowest BCUT2D eigenvalue weighted by Gasteiger charge is -2.29. The average molecular weight is 246 g/mol. The minimum Gasteiger partial charge on any atom is -0.490 e. The SMILES string of the molecule is CCC1CCCC(Oc2ccccc2C(=N)N)C1. The second-order valence-corrected chi connectivity index (χ2v) is 5.09. The molecule has 2 rings (SSSR count). The molecule has 0 bridgehead atoms. The van der Waals surface area contributed by atoms with Gasteiger partial charge in [-0.05, 0) is 37.3 Å². The molecule has 1 aromatic carbocycles. The van der Waals surface area contributed by atoms with E-state index in [1.165, 1.54) is 19.3 Å². The third kappa shape index (κ3) is 3.03. The van der Waals surface area contributed by atoms with Crippen LogP contribution in [-0.2, 0) is 0 Å². The molecule has 1 fully saturated rings. The largest absolute Gasteiger partial charge is 0.490 e. The van der Waals surface area contributed by atoms with Gasteiger partial charge in [0.1, 0.15) is 11.6 Å². The lowest BCUT2D eigenvalue weighted by atomic mass is 9.85. The Morgan fingerprint density at radius 3 is 2.89 bits per heavy atom. The Bertz CT molecular complexity index is 417. The number of rotatable bonds is 4. The van der Waals surface area contributed by atoms with Crippen molar-refractivity contribution in [3.8, 4) is 5.75 Å². The van der Waals surface area contributed by atoms with Crippen molar-refractivity contribution >= 4 is 5.84 Å². The van der Waals surface area contributed by atoms with Crippen LogP contribution >= 0.6 is 0 Å². The fourth-order valence-corrected chi connectivity index (χ4v) is 2.69. The highest BCUT2D eigenvalue weighted by molar-refractivity contribution is 5.97. The standard InChI is InChI=1S/C15H22N2O/c1-2-11-6-5-7-12(10-11)18-14-9-4-3-8-13(14)15(16)17/h3-4,8-9,11-12H,2,5-7,10H2,1H3,(H3,16,17). The predicted octanol–water partition coefficient (Wildman–Crippen LogP) is 3.32. The van der Waals surface area contributed by atoms with Gasteiger partial charge in [-0.1, -0.05) is 31.9 Å². The maximum atomic E-state index is 7.57. The maximum Gasteiger partial charge on any atom is 0.130 e. The van der Waals surface area contributed by atoms with Crippen LogP contribution in [-0.4, -0.2) is 11.9 Å². The minimum absolute atomic E-state index is 0.0773. The summed E-state index contributed by atoms with van der Waals surface area (Å²) in [6.07, 6.45) is 6.32. The Morgan fingerprint density at radius 1 is 1.39 bits per heavy atom. The van der Waals surface area contributed by atoms with Gasteiger partial charge in [0, 0.05) is 0 Å². The van der Waals surface area contributed by atoms with Gasteiger partial charge in [-0.3, -0.25) is 5.41 Å². The van der Waals surface area contributed by atoms with Crippen LogP contribution in [0.5, 0.6) is 5.75 Å². The molecule has 3 nitrogen and oxygen atoms in total. The van der Waals surface area contributed by atoms with Crippen LogP contribution < -0.4 is 10.5 Å². The molecule has 2 atom stereocenters. The molecule has 1 saturated carbocycles. The van der Waals surface area contributed by atoms with E-state index >= 15 is 0 Å². The molecule has 1 aliphatic carbocycles. The second kappa shape index (κ2) is 5.89. The molecule has 1 aromatic rings. The second-order valence-electron chi connectivity index (χ2n) is 5.09. The van der Waals surface area contributed by atoms with E-state index < -0.39 is 0 Å². The summed E-state index contributed by atoms with van der Waals surface area (Å²) in [5.41, 5.74) is 6.28. The lowest BCUT2D eigenvalue weighted by Crippen LogP contribution is -2.26. The number of nitrogen functional groups attached to an aromatic ring is 1. The fourth-order valence-electron chi connectivity index (χ4n) is 2.69. The molecule has 3 N–H and O–H groups in total. The molecule has 0 saturated heterocycles. The number of amidine groups is 1. The molecular formula is C15H22N2O. The molecule has 0 aliphatic heterocycles. The monoisotopic (exact) mass is 246 g/mol. The molecule has 3 heteroatoms. The Balaban J connectivity index is 2.07. The first-order valence-corrected chi connectivity index (χ1v) is 6.80. The van der Waals surface area contributed by atoms with Crippen molar-refractivity contribution in [3.63, 3.8) is 0 Å². The fraction of sp³-hybridized carbons (Fsp3) is 0.533. The first-order valence-electron chi connectivity index (χ1n) is 6.80. The summed E-state index contributed by atoms with van der Waals surface area (Å²) >= 11 is 0. The van der Waals surface area contributed by atoms with Gasteiger partial charge < -0.3 is 10.5 Å². The molecule has 0 radical (unpaired) electrons. The summed E-state index contributed by atoms with van der Waals surface area (Å²) in [7, 11) is 0. The number of benzene rings is 1. The lowest BCUT2D eigenvalue weighted by molar-refractivity contribution is 0.122. The molecule has 0 spiro atoms. The Morgan fingerprint density at radius 2 is 2.17 bits per heavy atom. The summed E-state index contributed by atoms with van der Waals surface area (Å²) in [6, 6.07) is 7.57. The van der Waals surface area contributed by atoms with E-state index in [0.29, 0.717) is 5.56 Å². The van der Waals surface area contributed by atoms with Crippen LogP contribution in [0.2, 0.25) is 0 Å². The van der Waals surface area contributed by atoms with Gasteiger partial charge >= 0.3 is 0 Å². The number of para-hydroxylation sites is 1. The Labute approximate surface area is 109 Å². The van der Waals surface area contributed by atoms with E-state index in [2.05, 4.69) is 6.92 Å². The van der Waals surface area contributed by atoms with Crippen LogP contribution in [0.25, 0.3) is 0 Å². The highest BCUT2D eigenvalue weighted by Gasteiger charge is 2.22. The highest BCUT2D eigenvalue weighted by atomic mass is 16.5. The first-order chi connectivity index (χ1) is 8.70. The van der Waals surface area contributed by atoms with Crippen molar-refractivity contribution in [2.45, 2.75) is 45.1 Å². The number of nitrogens with two attached hydrogens (primary N) is 1. The topological polar surface area (TPSA) is 59.1 Å². The van der Waals surface area contributed by atoms with Crippen molar-refractivity contribution in [1.82, 2.24) is 0 Å². The summed E-state index contributed by atoms with van der Waals surface area (Å²) in [5, 5.41) is 7.57. The van der Waals surface area contributed by atoms with Gasteiger partial charge in [0.15, 0.2) is 0 Å². The first kappa shape index (κ1) is 12.9. The van der Waals surface area contributed by atoms with Crippen molar-refractivity contribution in [2.24, 2.45) is 11.7 Å². The Hall–Kier alpha value is -1.51. The molecule has 1 aliphatic rings. The van der Waals surface area contributed by atoms with Gasteiger partial charge in [0.05, 0.1) is 11.7 Å². The van der Waals surface area contributed by atoms with Crippen LogP contribution in [0.15, 0.2) is 24.3 Å². The van der Waals surface area contributed by atoms with E-state index in [-0.39, 0.29) is 11.9 Å². The van der Waals surface area contributed by atoms with Crippen LogP contribution in [0, 0.1) is 11.3 Å². The van der Waals surface area contributed by atoms with Crippen molar-refractivity contribution < 1.29 is 4.74 Å². The quantitative estimate of drug-likeness (QED) is 0.632. The molecule has 0 aromatic heterocycles. The zero-order chi connectivity index (χ0) is 13.0. The van der Waals surface area contributed by atoms with Crippen molar-refractivity contribution in [3.05, 3.63) is 29.8 Å². The number of nitrogens with one attached hydrogen (secondary N) is 1. The summed E-state index contributed by atoms with van der Waals surface area (Å²) in [5.74, 6) is 1.62. The molecule has 98 valence electrons. The van der Waals surface area contributed by atoms with E-state index in [9.17, 15) is 0 Å². The number of hydrogen-bond acceptors (Lipinski definition) is 2. The van der Waals surface area contributed by atoms with E-state index in [1.807, 2.05) is 24.3 Å². The van der Waals surface area contributed by atoms with Gasteiger partial charge in [-0.2, -0.15) is 0 Å². The highest BCUT2D eigenvalue weighted by Crippen LogP contribution is 2.30. The Kier molecular flexibility index (Phi) is 4.24. The van der Waals surface area contributed by atoms with Crippen LogP contribution in [0.4, 0.5) is 0 Å². The van der Waals surface area contributed by atoms with Crippen molar-refractivity contribution in [2.75, 3.05) is 0 Å². The van der Waals surface area contributed by atoms with Gasteiger partial charge in [-0.15, -0.1) is 0 Å². The summed E-state index contributed by atoms with van der Waals surface area (Å²) in [4.78, 5) is 0. The normalized spacial score (nSPS) is 23.6. The summed E-state index contributed by atoms with van der Waals surface area (Å²) < 4.78 is 6.06. The predicted molar refractivity (Wildman–Crippen MR) is 74.1 cm³/mol. The smallest absolute Gasteiger partial charge is 0.130 e. The van der Waals surface area contributed by atoms with Crippen molar-refractivity contribution in [1.29, 1.82) is 5.41 Å². The number of hydrogen-bond donors (Lipinski definition) is 2. The molecular weight excluding hydrogens is 224 g/mol. The van der Waals surface area contributed by atoms with Crippen LogP contribution in [0.1, 0.15) is 44.6 Å². The van der Waals surface area contributed by atoms with Crippen LogP contribution in [0.3, 0.4) is 0 Å². The summed E-state index contributed by atoms with van der Waals surface area (Å²) in [6.45, 7) is 2.25. The zero-order valence-electron chi connectivity index (χ0n) is 11.0. The third-order valence-electron chi connectivity index (χ3n) is 3.78. The van der Waals surface area contributed by atoms with Gasteiger partial charge in [0.25, 0.3) is 0 Å². The average Bonchev–Trinajstić information content (AvgIpc) is 2.39. The minimum atomic E-state index is 0.0773. The van der Waals surface area contributed by atoms with E-state index in [4.69, 9.17) is 15.9 Å². The van der Waals surface area contributed by atoms with Gasteiger partial charge in [0.2, 0.25) is 0 Å².